The maximum absolute atomic E-state index is 7.75. The van der Waals surface area contributed by atoms with Crippen LogP contribution in [0.15, 0.2) is 109 Å². The molecule has 8 heteroatoms. The number of unbranched alkanes of at least 4 members (excludes halogenated alkanes) is 6. The molecule has 0 unspecified atom stereocenters. The van der Waals surface area contributed by atoms with Crippen molar-refractivity contribution in [3.05, 3.63) is 147 Å². The maximum atomic E-state index is 7.75. The molecular weight excluding hydrogens is 929 g/mol. The van der Waals surface area contributed by atoms with E-state index in [9.17, 15) is 0 Å². The van der Waals surface area contributed by atoms with Crippen LogP contribution >= 0.6 is 34.4 Å². The number of benzene rings is 5. The van der Waals surface area contributed by atoms with E-state index in [0.29, 0.717) is 13.2 Å². The van der Waals surface area contributed by atoms with E-state index in [-0.39, 0.29) is 10.8 Å². The summed E-state index contributed by atoms with van der Waals surface area (Å²) in [6.07, 6.45) is 11.4. The van der Waals surface area contributed by atoms with E-state index >= 15 is 0 Å². The molecule has 0 aliphatic carbocycles. The van der Waals surface area contributed by atoms with Gasteiger partial charge in [0.1, 0.15) is 28.3 Å². The fourth-order valence-corrected chi connectivity index (χ4v) is 13.2. The van der Waals surface area contributed by atoms with Gasteiger partial charge in [-0.1, -0.05) is 155 Å². The fourth-order valence-electron chi connectivity index (χ4n) is 10.1. The topological polar surface area (TPSA) is 53.5 Å². The van der Waals surface area contributed by atoms with Crippen LogP contribution in [0.2, 0.25) is 0 Å². The summed E-state index contributed by atoms with van der Waals surface area (Å²) in [5.41, 5.74) is 13.8. The SMILES string of the molecule is CCCCCCOc1ccc(C2(c3ccc(OCCCCCC)cc3)Oc3cc(C(C)(C)CC)ccc3-c3ccc(-c4sc(-c5ccc(-c6cc(C)c(C(C)(C)CC)s6)c6nsnc56)cc4C)cc32)cc1. The first-order valence-corrected chi connectivity index (χ1v) is 28.6. The van der Waals surface area contributed by atoms with E-state index in [4.69, 9.17) is 23.0 Å². The second-order valence-electron chi connectivity index (χ2n) is 21.0. The van der Waals surface area contributed by atoms with E-state index in [1.165, 1.54) is 86.5 Å². The summed E-state index contributed by atoms with van der Waals surface area (Å²) in [5, 5.41) is 0. The zero-order valence-corrected chi connectivity index (χ0v) is 46.2. The second kappa shape index (κ2) is 21.4. The summed E-state index contributed by atoms with van der Waals surface area (Å²) in [4.78, 5) is 5.11. The number of fused-ring (bicyclic) bond motifs is 4. The van der Waals surface area contributed by atoms with Crippen molar-refractivity contribution in [2.24, 2.45) is 0 Å². The van der Waals surface area contributed by atoms with Crippen LogP contribution in [0.1, 0.15) is 158 Å². The molecule has 0 radical (unpaired) electrons. The molecule has 1 aliphatic heterocycles. The molecule has 0 spiro atoms. The molecule has 0 atom stereocenters. The van der Waals surface area contributed by atoms with Gasteiger partial charge in [-0.2, -0.15) is 8.75 Å². The van der Waals surface area contributed by atoms with E-state index in [1.54, 1.807) is 0 Å². The Kier molecular flexibility index (Phi) is 15.3. The van der Waals surface area contributed by atoms with Crippen molar-refractivity contribution in [2.45, 2.75) is 150 Å². The van der Waals surface area contributed by atoms with Gasteiger partial charge >= 0.3 is 0 Å². The van der Waals surface area contributed by atoms with Crippen LogP contribution < -0.4 is 14.2 Å². The van der Waals surface area contributed by atoms with Crippen molar-refractivity contribution in [3.63, 3.8) is 0 Å². The number of aromatic nitrogens is 2. The minimum absolute atomic E-state index is 0.0231. The van der Waals surface area contributed by atoms with Crippen LogP contribution in [0, 0.1) is 13.8 Å². The normalized spacial score (nSPS) is 13.3. The number of hydrogen-bond donors (Lipinski definition) is 0. The third-order valence-electron chi connectivity index (χ3n) is 15.2. The van der Waals surface area contributed by atoms with Crippen molar-refractivity contribution < 1.29 is 14.2 Å². The molecule has 0 N–H and O–H groups in total. The number of nitrogens with zero attached hydrogens (tertiary/aromatic N) is 2. The number of aryl methyl sites for hydroxylation is 2. The first kappa shape index (κ1) is 50.7. The molecule has 1 aliphatic rings. The van der Waals surface area contributed by atoms with Crippen LogP contribution in [-0.2, 0) is 16.4 Å². The molecule has 0 bridgehead atoms. The number of thiophene rings is 2. The highest BCUT2D eigenvalue weighted by atomic mass is 32.1. The molecular formula is C63H72N2O3S3. The van der Waals surface area contributed by atoms with Gasteiger partial charge in [0.2, 0.25) is 0 Å². The Balaban J connectivity index is 1.17. The van der Waals surface area contributed by atoms with Gasteiger partial charge in [-0.15, -0.1) is 22.7 Å². The van der Waals surface area contributed by atoms with Crippen molar-refractivity contribution in [1.82, 2.24) is 8.75 Å². The number of rotatable bonds is 21. The molecule has 0 saturated carbocycles. The van der Waals surface area contributed by atoms with Crippen molar-refractivity contribution >= 4 is 45.4 Å². The summed E-state index contributed by atoms with van der Waals surface area (Å²) in [6.45, 7) is 24.3. The molecule has 71 heavy (non-hydrogen) atoms. The van der Waals surface area contributed by atoms with Gasteiger partial charge in [0, 0.05) is 52.9 Å². The maximum Gasteiger partial charge on any atom is 0.185 e. The van der Waals surface area contributed by atoms with E-state index in [2.05, 4.69) is 178 Å². The van der Waals surface area contributed by atoms with Gasteiger partial charge in [0.15, 0.2) is 5.60 Å². The summed E-state index contributed by atoms with van der Waals surface area (Å²) >= 11 is 5.03. The van der Waals surface area contributed by atoms with Gasteiger partial charge in [0.25, 0.3) is 0 Å². The third kappa shape index (κ3) is 10.1. The van der Waals surface area contributed by atoms with Crippen LogP contribution in [0.5, 0.6) is 17.2 Å². The minimum atomic E-state index is -0.999. The zero-order valence-electron chi connectivity index (χ0n) is 43.7. The van der Waals surface area contributed by atoms with Gasteiger partial charge in [-0.25, -0.2) is 0 Å². The Morgan fingerprint density at radius 2 is 1.07 bits per heavy atom. The van der Waals surface area contributed by atoms with Crippen molar-refractivity contribution in [3.8, 4) is 59.7 Å². The molecule has 5 aromatic carbocycles. The zero-order chi connectivity index (χ0) is 49.9. The lowest BCUT2D eigenvalue weighted by Gasteiger charge is -2.42. The Bertz CT molecular complexity index is 3040. The highest BCUT2D eigenvalue weighted by Crippen LogP contribution is 2.54. The Morgan fingerprint density at radius 1 is 0.535 bits per heavy atom. The lowest BCUT2D eigenvalue weighted by Crippen LogP contribution is -2.39. The minimum Gasteiger partial charge on any atom is -0.494 e. The summed E-state index contributed by atoms with van der Waals surface area (Å²) in [5.74, 6) is 2.64. The first-order chi connectivity index (χ1) is 34.3. The van der Waals surface area contributed by atoms with Gasteiger partial charge in [-0.05, 0) is 127 Å². The average Bonchev–Trinajstić information content (AvgIpc) is 4.15. The van der Waals surface area contributed by atoms with Crippen molar-refractivity contribution in [1.29, 1.82) is 0 Å². The third-order valence-corrected chi connectivity index (χ3v) is 18.7. The molecule has 3 aromatic heterocycles. The predicted octanol–water partition coefficient (Wildman–Crippen LogP) is 19.1. The van der Waals surface area contributed by atoms with Crippen molar-refractivity contribution in [2.75, 3.05) is 13.2 Å². The fraction of sp³-hybridized carbons (Fsp3) is 0.397. The predicted molar refractivity (Wildman–Crippen MR) is 304 cm³/mol. The number of hydrogen-bond acceptors (Lipinski definition) is 8. The molecule has 0 fully saturated rings. The molecule has 8 aromatic rings. The van der Waals surface area contributed by atoms with Gasteiger partial charge in [0.05, 0.1) is 24.9 Å². The highest BCUT2D eigenvalue weighted by Gasteiger charge is 2.45. The molecule has 0 saturated heterocycles. The quantitative estimate of drug-likeness (QED) is 0.0672. The molecule has 4 heterocycles. The largest absolute Gasteiger partial charge is 0.494 e. The van der Waals surface area contributed by atoms with Gasteiger partial charge in [-0.3, -0.25) is 0 Å². The van der Waals surface area contributed by atoms with E-state index < -0.39 is 5.60 Å². The summed E-state index contributed by atoms with van der Waals surface area (Å²) in [7, 11) is 0. The standard InChI is InChI=1S/C63H72N2O3S3/c1-11-15-17-19-35-66-47-27-22-44(23-28-47)63(45-24-29-48(30-25-45)67-36-20-18-16-12-2)53-39-43(21-31-49(53)50-32-26-46(40-54(50)68-63)61(7,8)13-3)59-41(5)37-55(69-59)51-33-34-52(58-57(51)64-71-65-58)56-38-42(6)60(70-56)62(9,10)14-4/h21-34,37-40H,11-20,35-36H2,1-10H3. The van der Waals surface area contributed by atoms with E-state index in [1.807, 2.05) is 22.7 Å². The Hall–Kier alpha value is -5.28. The Morgan fingerprint density at radius 3 is 1.63 bits per heavy atom. The monoisotopic (exact) mass is 1000 g/mol. The van der Waals surface area contributed by atoms with E-state index in [0.717, 1.165) is 98.5 Å². The van der Waals surface area contributed by atoms with Crippen LogP contribution in [0.4, 0.5) is 0 Å². The smallest absolute Gasteiger partial charge is 0.185 e. The lowest BCUT2D eigenvalue weighted by molar-refractivity contribution is 0.151. The summed E-state index contributed by atoms with van der Waals surface area (Å²) < 4.78 is 30.3. The lowest BCUT2D eigenvalue weighted by atomic mass is 9.73. The first-order valence-electron chi connectivity index (χ1n) is 26.2. The summed E-state index contributed by atoms with van der Waals surface area (Å²) in [6, 6.07) is 40.5. The second-order valence-corrected chi connectivity index (χ2v) is 23.6. The van der Waals surface area contributed by atoms with Crippen LogP contribution in [0.3, 0.4) is 0 Å². The average molecular weight is 1000 g/mol. The molecule has 0 amide bonds. The highest BCUT2D eigenvalue weighted by molar-refractivity contribution is 7.19. The molecule has 5 nitrogen and oxygen atoms in total. The van der Waals surface area contributed by atoms with Crippen LogP contribution in [-0.4, -0.2) is 22.0 Å². The van der Waals surface area contributed by atoms with Gasteiger partial charge < -0.3 is 14.2 Å². The molecule has 370 valence electrons. The van der Waals surface area contributed by atoms with Crippen LogP contribution in [0.25, 0.3) is 53.5 Å². The molecule has 9 rings (SSSR count). The number of ether oxygens (including phenoxy) is 3. The Labute approximate surface area is 436 Å².